The Labute approximate surface area is 154 Å². The molecule has 4 rings (SSSR count). The Morgan fingerprint density at radius 2 is 2.22 bits per heavy atom. The highest BCUT2D eigenvalue weighted by atomic mass is 16.5. The van der Waals surface area contributed by atoms with Gasteiger partial charge >= 0.3 is 5.97 Å². The Balaban J connectivity index is 2.04. The molecular weight excluding hydrogens is 356 g/mol. The van der Waals surface area contributed by atoms with Gasteiger partial charge in [0.1, 0.15) is 17.6 Å². The number of fused-ring (bicyclic) bond motifs is 2. The molecule has 1 aromatic heterocycles. The normalized spacial score (nSPS) is 29.2. The molecule has 0 aliphatic carbocycles. The van der Waals surface area contributed by atoms with E-state index in [1.807, 2.05) is 0 Å². The van der Waals surface area contributed by atoms with Crippen LogP contribution in [-0.4, -0.2) is 65.1 Å². The van der Waals surface area contributed by atoms with Gasteiger partial charge in [-0.15, -0.1) is 6.42 Å². The number of amides is 1. The van der Waals surface area contributed by atoms with Crippen LogP contribution in [0.4, 0.5) is 0 Å². The molecule has 0 saturated carbocycles. The number of carboxylic acid groups (broad SMARTS) is 1. The Bertz CT molecular complexity index is 931. The molecule has 1 unspecified atom stereocenters. The second-order valence-corrected chi connectivity index (χ2v) is 6.67. The van der Waals surface area contributed by atoms with Crippen LogP contribution in [0.25, 0.3) is 0 Å². The van der Waals surface area contributed by atoms with Gasteiger partial charge in [0.05, 0.1) is 20.3 Å². The lowest BCUT2D eigenvalue weighted by molar-refractivity contribution is -0.123. The lowest BCUT2D eigenvalue weighted by atomic mass is 9.92. The molecule has 2 saturated heterocycles. The predicted molar refractivity (Wildman–Crippen MR) is 90.8 cm³/mol. The van der Waals surface area contributed by atoms with Crippen LogP contribution in [0, 0.1) is 12.3 Å². The SMILES string of the molecule is C#C[C@@H]1COC23CCCOC[C@@H]2n2cc(C(=O)O)c(=O)c(OC)c2C(=O)N13. The standard InChI is InChI=1S/C18H18N2O7/c1-3-10-8-27-18-5-4-6-26-9-12(18)19-7-11(17(23)24)14(21)15(25-2)13(19)16(22)20(10)18/h1,7,10,12H,4-6,8-9H2,2H3,(H,23,24)/t10-,12+,18?/m1/s1. The van der Waals surface area contributed by atoms with E-state index in [9.17, 15) is 19.5 Å². The van der Waals surface area contributed by atoms with Crippen LogP contribution in [0.15, 0.2) is 11.0 Å². The van der Waals surface area contributed by atoms with Crippen molar-refractivity contribution in [1.29, 1.82) is 0 Å². The third-order valence-corrected chi connectivity index (χ3v) is 5.41. The average Bonchev–Trinajstić information content (AvgIpc) is 2.89. The van der Waals surface area contributed by atoms with Gasteiger partial charge in [0.25, 0.3) is 5.91 Å². The number of pyridine rings is 1. The molecule has 0 radical (unpaired) electrons. The zero-order chi connectivity index (χ0) is 19.3. The molecule has 142 valence electrons. The minimum Gasteiger partial charge on any atom is -0.491 e. The number of terminal acetylenes is 1. The Morgan fingerprint density at radius 1 is 1.44 bits per heavy atom. The van der Waals surface area contributed by atoms with E-state index in [0.29, 0.717) is 19.4 Å². The average molecular weight is 374 g/mol. The molecule has 3 aliphatic heterocycles. The summed E-state index contributed by atoms with van der Waals surface area (Å²) in [5.41, 5.74) is -2.43. The van der Waals surface area contributed by atoms with Crippen molar-refractivity contribution in [2.75, 3.05) is 26.9 Å². The Hall–Kier alpha value is -2.83. The van der Waals surface area contributed by atoms with Gasteiger partial charge in [0.2, 0.25) is 5.43 Å². The molecule has 27 heavy (non-hydrogen) atoms. The van der Waals surface area contributed by atoms with Crippen LogP contribution in [0.3, 0.4) is 0 Å². The summed E-state index contributed by atoms with van der Waals surface area (Å²) >= 11 is 0. The molecule has 3 aliphatic rings. The summed E-state index contributed by atoms with van der Waals surface area (Å²) in [5, 5.41) is 9.42. The fraction of sp³-hybridized carbons (Fsp3) is 0.500. The zero-order valence-electron chi connectivity index (χ0n) is 14.6. The van der Waals surface area contributed by atoms with E-state index in [0.717, 1.165) is 0 Å². The highest BCUT2D eigenvalue weighted by molar-refractivity contribution is 5.98. The summed E-state index contributed by atoms with van der Waals surface area (Å²) in [5.74, 6) is 0.336. The minimum absolute atomic E-state index is 0.0376. The summed E-state index contributed by atoms with van der Waals surface area (Å²) in [4.78, 5) is 38.9. The van der Waals surface area contributed by atoms with Crippen LogP contribution < -0.4 is 10.2 Å². The molecule has 9 heteroatoms. The number of nitrogens with zero attached hydrogens (tertiary/aromatic N) is 2. The first kappa shape index (κ1) is 17.6. The Morgan fingerprint density at radius 3 is 2.89 bits per heavy atom. The summed E-state index contributed by atoms with van der Waals surface area (Å²) in [6.07, 6.45) is 7.92. The highest BCUT2D eigenvalue weighted by Gasteiger charge is 2.60. The number of ether oxygens (including phenoxy) is 3. The number of aromatic nitrogens is 1. The third kappa shape index (κ3) is 2.23. The fourth-order valence-corrected chi connectivity index (χ4v) is 4.25. The maximum Gasteiger partial charge on any atom is 0.341 e. The summed E-state index contributed by atoms with van der Waals surface area (Å²) in [6, 6.07) is -1.15. The van der Waals surface area contributed by atoms with Crippen molar-refractivity contribution in [3.05, 3.63) is 27.7 Å². The second-order valence-electron chi connectivity index (χ2n) is 6.67. The Kier molecular flexibility index (Phi) is 3.98. The smallest absolute Gasteiger partial charge is 0.341 e. The lowest BCUT2D eigenvalue weighted by Crippen LogP contribution is -2.61. The largest absolute Gasteiger partial charge is 0.491 e. The van der Waals surface area contributed by atoms with Gasteiger partial charge in [-0.25, -0.2) is 4.79 Å². The molecule has 1 N–H and O–H groups in total. The zero-order valence-corrected chi connectivity index (χ0v) is 14.6. The monoisotopic (exact) mass is 374 g/mol. The topological polar surface area (TPSA) is 107 Å². The van der Waals surface area contributed by atoms with Gasteiger partial charge in [-0.05, 0) is 12.8 Å². The molecule has 1 aromatic rings. The summed E-state index contributed by atoms with van der Waals surface area (Å²) < 4.78 is 18.3. The van der Waals surface area contributed by atoms with E-state index < -0.39 is 40.7 Å². The van der Waals surface area contributed by atoms with Crippen LogP contribution in [-0.2, 0) is 9.47 Å². The number of hydrogen-bond acceptors (Lipinski definition) is 6. The number of carboxylic acids is 1. The molecule has 9 nitrogen and oxygen atoms in total. The minimum atomic E-state index is -1.40. The first-order valence-corrected chi connectivity index (χ1v) is 8.54. The molecular formula is C18H18N2O7. The van der Waals surface area contributed by atoms with E-state index >= 15 is 0 Å². The molecule has 1 spiro atoms. The van der Waals surface area contributed by atoms with E-state index in [1.165, 1.54) is 22.8 Å². The van der Waals surface area contributed by atoms with Crippen LogP contribution in [0.2, 0.25) is 0 Å². The first-order valence-electron chi connectivity index (χ1n) is 8.54. The number of carbonyl (C=O) groups is 2. The molecule has 0 aromatic carbocycles. The van der Waals surface area contributed by atoms with Crippen LogP contribution >= 0.6 is 0 Å². The highest BCUT2D eigenvalue weighted by Crippen LogP contribution is 2.47. The fourth-order valence-electron chi connectivity index (χ4n) is 4.25. The van der Waals surface area contributed by atoms with Gasteiger partial charge in [-0.2, -0.15) is 0 Å². The molecule has 2 fully saturated rings. The van der Waals surface area contributed by atoms with Crippen molar-refractivity contribution >= 4 is 11.9 Å². The van der Waals surface area contributed by atoms with Gasteiger partial charge in [0, 0.05) is 12.8 Å². The maximum absolute atomic E-state index is 13.4. The van der Waals surface area contributed by atoms with E-state index in [-0.39, 0.29) is 24.7 Å². The number of rotatable bonds is 2. The molecule has 1 amide bonds. The number of aromatic carboxylic acids is 1. The summed E-state index contributed by atoms with van der Waals surface area (Å²) in [7, 11) is 1.22. The van der Waals surface area contributed by atoms with E-state index in [2.05, 4.69) is 5.92 Å². The van der Waals surface area contributed by atoms with Crippen molar-refractivity contribution in [3.8, 4) is 18.1 Å². The van der Waals surface area contributed by atoms with Crippen LogP contribution in [0.1, 0.15) is 39.7 Å². The van der Waals surface area contributed by atoms with Crippen molar-refractivity contribution in [1.82, 2.24) is 9.47 Å². The van der Waals surface area contributed by atoms with Crippen molar-refractivity contribution in [2.24, 2.45) is 0 Å². The molecule has 4 heterocycles. The third-order valence-electron chi connectivity index (χ3n) is 5.41. The summed E-state index contributed by atoms with van der Waals surface area (Å²) in [6.45, 7) is 0.813. The lowest BCUT2D eigenvalue weighted by Gasteiger charge is -2.47. The quantitative estimate of drug-likeness (QED) is 0.731. The van der Waals surface area contributed by atoms with E-state index in [4.69, 9.17) is 20.6 Å². The number of hydrogen-bond donors (Lipinski definition) is 1. The van der Waals surface area contributed by atoms with Crippen molar-refractivity contribution < 1.29 is 28.9 Å². The molecule has 0 bridgehead atoms. The predicted octanol–water partition coefficient (Wildman–Crippen LogP) is 0.0907. The number of methoxy groups -OCH3 is 1. The van der Waals surface area contributed by atoms with Crippen LogP contribution in [0.5, 0.6) is 5.75 Å². The van der Waals surface area contributed by atoms with Crippen molar-refractivity contribution in [3.63, 3.8) is 0 Å². The van der Waals surface area contributed by atoms with Gasteiger partial charge in [0.15, 0.2) is 17.2 Å². The number of carbonyl (C=O) groups excluding carboxylic acids is 1. The van der Waals surface area contributed by atoms with E-state index in [1.54, 1.807) is 0 Å². The van der Waals surface area contributed by atoms with Gasteiger partial charge in [-0.3, -0.25) is 14.5 Å². The second kappa shape index (κ2) is 6.11. The van der Waals surface area contributed by atoms with Crippen molar-refractivity contribution in [2.45, 2.75) is 30.7 Å². The maximum atomic E-state index is 13.4. The first-order chi connectivity index (χ1) is 13.0. The van der Waals surface area contributed by atoms with Gasteiger partial charge in [-0.1, -0.05) is 5.92 Å². The van der Waals surface area contributed by atoms with Gasteiger partial charge < -0.3 is 23.9 Å². The molecule has 3 atom stereocenters.